The van der Waals surface area contributed by atoms with E-state index in [2.05, 4.69) is 57.3 Å². The summed E-state index contributed by atoms with van der Waals surface area (Å²) < 4.78 is 3.14. The molecule has 0 saturated heterocycles. The summed E-state index contributed by atoms with van der Waals surface area (Å²) >= 11 is 3.46. The van der Waals surface area contributed by atoms with Gasteiger partial charge >= 0.3 is 0 Å². The molecule has 0 spiro atoms. The van der Waals surface area contributed by atoms with Crippen molar-refractivity contribution in [3.8, 4) is 0 Å². The molecule has 0 aliphatic carbocycles. The zero-order chi connectivity index (χ0) is 14.7. The molecule has 4 nitrogen and oxygen atoms in total. The molecule has 20 heavy (non-hydrogen) atoms. The second-order valence-electron chi connectivity index (χ2n) is 5.54. The summed E-state index contributed by atoms with van der Waals surface area (Å²) in [6.07, 6.45) is 2.28. The van der Waals surface area contributed by atoms with Gasteiger partial charge in [0.2, 0.25) is 5.95 Å². The second-order valence-corrected chi connectivity index (χ2v) is 6.45. The van der Waals surface area contributed by atoms with Gasteiger partial charge in [-0.2, -0.15) is 0 Å². The van der Waals surface area contributed by atoms with Gasteiger partial charge in [0.05, 0.1) is 11.0 Å². The lowest BCUT2D eigenvalue weighted by Crippen LogP contribution is -2.27. The summed E-state index contributed by atoms with van der Waals surface area (Å²) in [5.41, 5.74) is 8.09. The third-order valence-corrected chi connectivity index (χ3v) is 4.26. The van der Waals surface area contributed by atoms with E-state index < -0.39 is 0 Å². The molecule has 0 radical (unpaired) electrons. The van der Waals surface area contributed by atoms with Crippen LogP contribution in [-0.4, -0.2) is 34.1 Å². The molecule has 2 aromatic rings. The Bertz CT molecular complexity index is 577. The van der Waals surface area contributed by atoms with Crippen molar-refractivity contribution in [1.82, 2.24) is 14.5 Å². The molecule has 0 aliphatic rings. The fraction of sp³-hybridized carbons (Fsp3) is 0.533. The van der Waals surface area contributed by atoms with Gasteiger partial charge in [0, 0.05) is 17.1 Å². The molecule has 0 amide bonds. The molecule has 0 atom stereocenters. The highest BCUT2D eigenvalue weighted by Crippen LogP contribution is 2.22. The number of hydrogen-bond acceptors (Lipinski definition) is 3. The number of rotatable bonds is 6. The lowest BCUT2D eigenvalue weighted by molar-refractivity contribution is 0.266. The molecule has 0 saturated carbocycles. The van der Waals surface area contributed by atoms with Crippen molar-refractivity contribution < 1.29 is 0 Å². The van der Waals surface area contributed by atoms with Crippen LogP contribution in [0.25, 0.3) is 11.0 Å². The summed E-state index contributed by atoms with van der Waals surface area (Å²) in [6, 6.07) is 6.72. The van der Waals surface area contributed by atoms with Gasteiger partial charge in [0.25, 0.3) is 0 Å². The van der Waals surface area contributed by atoms with Crippen molar-refractivity contribution in [3.05, 3.63) is 22.7 Å². The SMILES string of the molecule is CC(C)N(C)CCCCn1c(N)nc2cc(Br)ccc21. The summed E-state index contributed by atoms with van der Waals surface area (Å²) in [7, 11) is 2.17. The number of anilines is 1. The van der Waals surface area contributed by atoms with Gasteiger partial charge < -0.3 is 15.2 Å². The van der Waals surface area contributed by atoms with Crippen LogP contribution in [0.2, 0.25) is 0 Å². The number of nitrogens with two attached hydrogens (primary N) is 1. The number of hydrogen-bond donors (Lipinski definition) is 1. The topological polar surface area (TPSA) is 47.1 Å². The average Bonchev–Trinajstić information content (AvgIpc) is 2.69. The van der Waals surface area contributed by atoms with Gasteiger partial charge in [-0.1, -0.05) is 15.9 Å². The zero-order valence-electron chi connectivity index (χ0n) is 12.4. The normalized spacial score (nSPS) is 11.9. The molecule has 1 aromatic carbocycles. The molecule has 1 aromatic heterocycles. The van der Waals surface area contributed by atoms with Gasteiger partial charge in [0.1, 0.15) is 0 Å². The van der Waals surface area contributed by atoms with E-state index in [-0.39, 0.29) is 0 Å². The summed E-state index contributed by atoms with van der Waals surface area (Å²) in [5, 5.41) is 0. The maximum atomic E-state index is 6.02. The maximum absolute atomic E-state index is 6.02. The minimum absolute atomic E-state index is 0.603. The first-order valence-electron chi connectivity index (χ1n) is 7.10. The van der Waals surface area contributed by atoms with E-state index in [0.717, 1.165) is 35.0 Å². The van der Waals surface area contributed by atoms with Gasteiger partial charge in [-0.3, -0.25) is 0 Å². The minimum Gasteiger partial charge on any atom is -0.369 e. The number of benzene rings is 1. The summed E-state index contributed by atoms with van der Waals surface area (Å²) in [4.78, 5) is 6.78. The first kappa shape index (κ1) is 15.3. The Labute approximate surface area is 129 Å². The van der Waals surface area contributed by atoms with Crippen LogP contribution in [-0.2, 0) is 6.54 Å². The van der Waals surface area contributed by atoms with Crippen molar-refractivity contribution in [1.29, 1.82) is 0 Å². The molecule has 0 aliphatic heterocycles. The molecule has 0 unspecified atom stereocenters. The van der Waals surface area contributed by atoms with Crippen LogP contribution >= 0.6 is 15.9 Å². The van der Waals surface area contributed by atoms with Crippen LogP contribution in [0.3, 0.4) is 0 Å². The molecule has 2 N–H and O–H groups in total. The fourth-order valence-electron chi connectivity index (χ4n) is 2.25. The van der Waals surface area contributed by atoms with Crippen LogP contribution in [0.1, 0.15) is 26.7 Å². The number of aryl methyl sites for hydroxylation is 1. The largest absolute Gasteiger partial charge is 0.369 e. The Balaban J connectivity index is 1.98. The smallest absolute Gasteiger partial charge is 0.201 e. The Morgan fingerprint density at radius 1 is 1.35 bits per heavy atom. The number of nitrogen functional groups attached to an aromatic ring is 1. The average molecular weight is 339 g/mol. The van der Waals surface area contributed by atoms with E-state index in [0.29, 0.717) is 12.0 Å². The first-order valence-corrected chi connectivity index (χ1v) is 7.90. The van der Waals surface area contributed by atoms with Crippen LogP contribution in [0.5, 0.6) is 0 Å². The van der Waals surface area contributed by atoms with Crippen molar-refractivity contribution >= 4 is 32.9 Å². The Morgan fingerprint density at radius 2 is 2.10 bits per heavy atom. The first-order chi connectivity index (χ1) is 9.49. The molecule has 110 valence electrons. The standard InChI is InChI=1S/C15H23BrN4/c1-11(2)19(3)8-4-5-9-20-14-7-6-12(16)10-13(14)18-15(20)17/h6-7,10-11H,4-5,8-9H2,1-3H3,(H2,17,18). The van der Waals surface area contributed by atoms with Gasteiger partial charge in [-0.15, -0.1) is 0 Å². The predicted octanol–water partition coefficient (Wildman–Crippen LogP) is 3.50. The van der Waals surface area contributed by atoms with Gasteiger partial charge in [0.15, 0.2) is 0 Å². The van der Waals surface area contributed by atoms with Crippen LogP contribution < -0.4 is 5.73 Å². The molecule has 2 rings (SSSR count). The monoisotopic (exact) mass is 338 g/mol. The van der Waals surface area contributed by atoms with Crippen LogP contribution in [0, 0.1) is 0 Å². The molecular weight excluding hydrogens is 316 g/mol. The van der Waals surface area contributed by atoms with Gasteiger partial charge in [-0.25, -0.2) is 4.98 Å². The van der Waals surface area contributed by atoms with Gasteiger partial charge in [-0.05, 0) is 58.5 Å². The van der Waals surface area contributed by atoms with Crippen molar-refractivity contribution in [2.75, 3.05) is 19.3 Å². The van der Waals surface area contributed by atoms with E-state index in [1.165, 1.54) is 6.42 Å². The summed E-state index contributed by atoms with van der Waals surface area (Å²) in [6.45, 7) is 6.49. The quantitative estimate of drug-likeness (QED) is 0.820. The molecule has 0 fully saturated rings. The number of nitrogens with zero attached hydrogens (tertiary/aromatic N) is 3. The fourth-order valence-corrected chi connectivity index (χ4v) is 2.59. The highest BCUT2D eigenvalue weighted by molar-refractivity contribution is 9.10. The van der Waals surface area contributed by atoms with Crippen LogP contribution in [0.4, 0.5) is 5.95 Å². The number of fused-ring (bicyclic) bond motifs is 1. The number of imidazole rings is 1. The highest BCUT2D eigenvalue weighted by Gasteiger charge is 2.08. The van der Waals surface area contributed by atoms with E-state index >= 15 is 0 Å². The lowest BCUT2D eigenvalue weighted by Gasteiger charge is -2.20. The lowest BCUT2D eigenvalue weighted by atomic mass is 10.2. The van der Waals surface area contributed by atoms with E-state index in [9.17, 15) is 0 Å². The molecule has 0 bridgehead atoms. The maximum Gasteiger partial charge on any atom is 0.201 e. The molecule has 5 heteroatoms. The Hall–Kier alpha value is -1.07. The number of halogens is 1. The van der Waals surface area contributed by atoms with E-state index in [4.69, 9.17) is 5.73 Å². The van der Waals surface area contributed by atoms with Crippen molar-refractivity contribution in [3.63, 3.8) is 0 Å². The summed E-state index contributed by atoms with van der Waals surface area (Å²) in [5.74, 6) is 0.607. The third-order valence-electron chi connectivity index (χ3n) is 3.76. The third kappa shape index (κ3) is 3.52. The zero-order valence-corrected chi connectivity index (χ0v) is 14.0. The Kier molecular flexibility index (Phi) is 5.05. The minimum atomic E-state index is 0.603. The highest BCUT2D eigenvalue weighted by atomic mass is 79.9. The molecule has 1 heterocycles. The predicted molar refractivity (Wildman–Crippen MR) is 88.8 cm³/mol. The Morgan fingerprint density at radius 3 is 2.80 bits per heavy atom. The van der Waals surface area contributed by atoms with E-state index in [1.807, 2.05) is 12.1 Å². The van der Waals surface area contributed by atoms with E-state index in [1.54, 1.807) is 0 Å². The van der Waals surface area contributed by atoms with Crippen LogP contribution in [0.15, 0.2) is 22.7 Å². The molecular formula is C15H23BrN4. The second kappa shape index (κ2) is 6.59. The van der Waals surface area contributed by atoms with Crippen molar-refractivity contribution in [2.24, 2.45) is 0 Å². The number of unbranched alkanes of at least 4 members (excludes halogenated alkanes) is 1. The van der Waals surface area contributed by atoms with Crippen molar-refractivity contribution in [2.45, 2.75) is 39.3 Å². The number of aromatic nitrogens is 2.